The Kier molecular flexibility index (Phi) is 6.61. The average molecular weight is 381 g/mol. The van der Waals surface area contributed by atoms with E-state index in [2.05, 4.69) is 21.2 Å². The molecule has 1 rings (SSSR count). The number of carbonyl (C=O) groups is 2. The predicted molar refractivity (Wildman–Crippen MR) is 82.1 cm³/mol. The zero-order chi connectivity index (χ0) is 16.2. The van der Waals surface area contributed by atoms with Crippen molar-refractivity contribution in [3.05, 3.63) is 27.4 Å². The highest BCUT2D eigenvalue weighted by Gasteiger charge is 2.21. The fraction of sp³-hybridized carbons (Fsp3) is 0.429. The molecule has 1 atom stereocenters. The highest BCUT2D eigenvalue weighted by Crippen LogP contribution is 2.30. The summed E-state index contributed by atoms with van der Waals surface area (Å²) in [5.74, 6) is -1.08. The molecule has 1 aromatic carbocycles. The number of carbonyl (C=O) groups excluding carboxylic acids is 2. The summed E-state index contributed by atoms with van der Waals surface area (Å²) in [7, 11) is 0. The highest BCUT2D eigenvalue weighted by atomic mass is 79.9. The first-order valence-electron chi connectivity index (χ1n) is 6.29. The van der Waals surface area contributed by atoms with E-state index in [9.17, 15) is 14.0 Å². The average Bonchev–Trinajstić information content (AvgIpc) is 2.37. The molecular weight excluding hydrogens is 365 g/mol. The van der Waals surface area contributed by atoms with Gasteiger partial charge in [-0.3, -0.25) is 9.59 Å². The van der Waals surface area contributed by atoms with Crippen LogP contribution >= 0.6 is 27.5 Å². The molecule has 0 aliphatic rings. The smallest absolute Gasteiger partial charge is 0.258 e. The maximum Gasteiger partial charge on any atom is 0.258 e. The van der Waals surface area contributed by atoms with E-state index in [-0.39, 0.29) is 29.1 Å². The van der Waals surface area contributed by atoms with E-state index in [1.54, 1.807) is 0 Å². The Bertz CT molecular complexity index is 551. The van der Waals surface area contributed by atoms with Crippen molar-refractivity contribution in [2.75, 3.05) is 6.61 Å². The fourth-order valence-corrected chi connectivity index (χ4v) is 2.46. The van der Waals surface area contributed by atoms with Gasteiger partial charge in [-0.05, 0) is 34.8 Å². The van der Waals surface area contributed by atoms with Gasteiger partial charge in [0.1, 0.15) is 11.6 Å². The maximum absolute atomic E-state index is 13.3. The van der Waals surface area contributed by atoms with Gasteiger partial charge in [0.2, 0.25) is 0 Å². The van der Waals surface area contributed by atoms with Crippen LogP contribution in [0.5, 0.6) is 5.75 Å². The Balaban J connectivity index is 2.65. The van der Waals surface area contributed by atoms with Gasteiger partial charge >= 0.3 is 0 Å². The molecular formula is C14H16BrClFNO3. The third-order valence-corrected chi connectivity index (χ3v) is 3.66. The van der Waals surface area contributed by atoms with Crippen molar-refractivity contribution >= 4 is 39.2 Å². The second-order valence-corrected chi connectivity index (χ2v) is 6.15. The van der Waals surface area contributed by atoms with E-state index >= 15 is 0 Å². The Morgan fingerprint density at radius 1 is 1.43 bits per heavy atom. The molecule has 0 radical (unpaired) electrons. The number of hydrogen-bond donors (Lipinski definition) is 1. The van der Waals surface area contributed by atoms with E-state index in [1.807, 2.05) is 13.8 Å². The third-order valence-electron chi connectivity index (χ3n) is 2.75. The standard InChI is InChI=1S/C14H16BrClFNO3/c1-7(2)14(8(3)19)18-13(20)6-21-12-5-11(17)10(16)4-9(12)15/h4-5,7,14H,6H2,1-3H3,(H,18,20). The van der Waals surface area contributed by atoms with Crippen molar-refractivity contribution < 1.29 is 18.7 Å². The number of rotatable bonds is 6. The van der Waals surface area contributed by atoms with Crippen LogP contribution in [0.3, 0.4) is 0 Å². The number of ketones is 1. The molecule has 0 fully saturated rings. The summed E-state index contributed by atoms with van der Waals surface area (Å²) in [5.41, 5.74) is 0. The SMILES string of the molecule is CC(=O)C(NC(=O)COc1cc(F)c(Cl)cc1Br)C(C)C. The van der Waals surface area contributed by atoms with Gasteiger partial charge < -0.3 is 10.1 Å². The van der Waals surface area contributed by atoms with Crippen LogP contribution in [0.1, 0.15) is 20.8 Å². The van der Waals surface area contributed by atoms with Crippen molar-refractivity contribution in [1.29, 1.82) is 0 Å². The van der Waals surface area contributed by atoms with Crippen LogP contribution in [0.4, 0.5) is 4.39 Å². The minimum atomic E-state index is -0.640. The molecule has 7 heteroatoms. The lowest BCUT2D eigenvalue weighted by atomic mass is 10.0. The quantitative estimate of drug-likeness (QED) is 0.770. The summed E-state index contributed by atoms with van der Waals surface area (Å²) in [6.45, 7) is 4.75. The van der Waals surface area contributed by atoms with Gasteiger partial charge in [-0.1, -0.05) is 25.4 Å². The Labute approximate surface area is 136 Å². The predicted octanol–water partition coefficient (Wildman–Crippen LogP) is 3.35. The van der Waals surface area contributed by atoms with Crippen molar-refractivity contribution in [2.24, 2.45) is 5.92 Å². The summed E-state index contributed by atoms with van der Waals surface area (Å²) in [6.07, 6.45) is 0. The molecule has 0 aliphatic carbocycles. The van der Waals surface area contributed by atoms with Gasteiger partial charge in [-0.15, -0.1) is 0 Å². The van der Waals surface area contributed by atoms with E-state index < -0.39 is 17.8 Å². The number of benzene rings is 1. The summed E-state index contributed by atoms with van der Waals surface area (Å²) in [5, 5.41) is 2.54. The van der Waals surface area contributed by atoms with E-state index in [0.717, 1.165) is 6.07 Å². The Morgan fingerprint density at radius 2 is 2.05 bits per heavy atom. The van der Waals surface area contributed by atoms with Crippen LogP contribution < -0.4 is 10.1 Å². The Morgan fingerprint density at radius 3 is 2.57 bits per heavy atom. The van der Waals surface area contributed by atoms with Crippen LogP contribution in [0.15, 0.2) is 16.6 Å². The second-order valence-electron chi connectivity index (χ2n) is 4.89. The number of ether oxygens (including phenoxy) is 1. The van der Waals surface area contributed by atoms with E-state index in [0.29, 0.717) is 4.47 Å². The number of amides is 1. The number of nitrogens with one attached hydrogen (secondary N) is 1. The van der Waals surface area contributed by atoms with Gasteiger partial charge in [0, 0.05) is 6.07 Å². The van der Waals surface area contributed by atoms with Crippen LogP contribution in [-0.4, -0.2) is 24.3 Å². The first-order valence-corrected chi connectivity index (χ1v) is 7.46. The van der Waals surface area contributed by atoms with Crippen molar-refractivity contribution in [2.45, 2.75) is 26.8 Å². The van der Waals surface area contributed by atoms with Crippen LogP contribution in [0.25, 0.3) is 0 Å². The molecule has 4 nitrogen and oxygen atoms in total. The van der Waals surface area contributed by atoms with Gasteiger partial charge in [0.05, 0.1) is 15.5 Å². The fourth-order valence-electron chi connectivity index (χ4n) is 1.71. The van der Waals surface area contributed by atoms with Crippen molar-refractivity contribution in [3.8, 4) is 5.75 Å². The van der Waals surface area contributed by atoms with Crippen molar-refractivity contribution in [3.63, 3.8) is 0 Å². The molecule has 1 N–H and O–H groups in total. The molecule has 0 bridgehead atoms. The van der Waals surface area contributed by atoms with E-state index in [1.165, 1.54) is 13.0 Å². The minimum absolute atomic E-state index is 0.0221. The molecule has 0 aliphatic heterocycles. The summed E-state index contributed by atoms with van der Waals surface area (Å²) < 4.78 is 19.0. The molecule has 0 aromatic heterocycles. The largest absolute Gasteiger partial charge is 0.482 e. The normalized spacial score (nSPS) is 12.1. The van der Waals surface area contributed by atoms with Crippen molar-refractivity contribution in [1.82, 2.24) is 5.32 Å². The van der Waals surface area contributed by atoms with Gasteiger partial charge in [-0.25, -0.2) is 4.39 Å². The molecule has 21 heavy (non-hydrogen) atoms. The second kappa shape index (κ2) is 7.75. The first-order chi connectivity index (χ1) is 9.72. The zero-order valence-electron chi connectivity index (χ0n) is 11.9. The molecule has 1 aromatic rings. The topological polar surface area (TPSA) is 55.4 Å². The summed E-state index contributed by atoms with van der Waals surface area (Å²) in [6, 6.07) is 1.87. The summed E-state index contributed by atoms with van der Waals surface area (Å²) in [4.78, 5) is 23.2. The van der Waals surface area contributed by atoms with Crippen LogP contribution in [0.2, 0.25) is 5.02 Å². The van der Waals surface area contributed by atoms with Crippen LogP contribution in [-0.2, 0) is 9.59 Å². The monoisotopic (exact) mass is 379 g/mol. The lowest BCUT2D eigenvalue weighted by Gasteiger charge is -2.19. The molecule has 0 heterocycles. The molecule has 0 spiro atoms. The molecule has 0 saturated carbocycles. The van der Waals surface area contributed by atoms with E-state index in [4.69, 9.17) is 16.3 Å². The number of halogens is 3. The van der Waals surface area contributed by atoms with Gasteiger partial charge in [0.25, 0.3) is 5.91 Å². The molecule has 0 saturated heterocycles. The first kappa shape index (κ1) is 17.9. The molecule has 1 amide bonds. The third kappa shape index (κ3) is 5.28. The van der Waals surface area contributed by atoms with Gasteiger partial charge in [-0.2, -0.15) is 0 Å². The maximum atomic E-state index is 13.3. The zero-order valence-corrected chi connectivity index (χ0v) is 14.2. The number of hydrogen-bond acceptors (Lipinski definition) is 3. The lowest BCUT2D eigenvalue weighted by molar-refractivity contribution is -0.129. The molecule has 116 valence electrons. The highest BCUT2D eigenvalue weighted by molar-refractivity contribution is 9.10. The Hall–Kier alpha value is -1.14. The molecule has 1 unspecified atom stereocenters. The van der Waals surface area contributed by atoms with Crippen LogP contribution in [0, 0.1) is 11.7 Å². The lowest BCUT2D eigenvalue weighted by Crippen LogP contribution is -2.45. The minimum Gasteiger partial charge on any atom is -0.482 e. The van der Waals surface area contributed by atoms with Gasteiger partial charge in [0.15, 0.2) is 12.4 Å². The number of Topliss-reactive ketones (excluding diaryl/α,β-unsaturated/α-hetero) is 1. The summed E-state index contributed by atoms with van der Waals surface area (Å²) >= 11 is 8.78.